The molecule has 7 heteroatoms. The molecule has 1 unspecified atom stereocenters. The molecule has 0 saturated carbocycles. The van der Waals surface area contributed by atoms with Crippen LogP contribution in [0.5, 0.6) is 0 Å². The molecule has 1 amide bonds. The molecule has 3 rings (SSSR count). The molecule has 2 aromatic carbocycles. The molecule has 0 spiro atoms. The minimum atomic E-state index is -3.75. The molecule has 27 heavy (non-hydrogen) atoms. The first kappa shape index (κ1) is 19.5. The summed E-state index contributed by atoms with van der Waals surface area (Å²) >= 11 is 0. The number of carbonyl (C=O) groups is 1. The molecule has 1 saturated heterocycles. The van der Waals surface area contributed by atoms with Crippen LogP contribution in [0.2, 0.25) is 0 Å². The predicted octanol–water partition coefficient (Wildman–Crippen LogP) is 3.17. The number of rotatable bonds is 6. The number of nitrogens with one attached hydrogen (secondary N) is 1. The molecule has 0 aromatic heterocycles. The molecule has 1 aliphatic heterocycles. The Labute approximate surface area is 159 Å². The van der Waals surface area contributed by atoms with Gasteiger partial charge in [-0.05, 0) is 49.6 Å². The van der Waals surface area contributed by atoms with Crippen molar-refractivity contribution in [1.82, 2.24) is 9.62 Å². The lowest BCUT2D eigenvalue weighted by Gasteiger charge is -2.25. The zero-order valence-corrected chi connectivity index (χ0v) is 16.0. The monoisotopic (exact) mass is 390 g/mol. The summed E-state index contributed by atoms with van der Waals surface area (Å²) in [5.74, 6) is -0.569. The highest BCUT2D eigenvalue weighted by molar-refractivity contribution is 7.89. The van der Waals surface area contributed by atoms with Crippen LogP contribution in [0.25, 0.3) is 0 Å². The van der Waals surface area contributed by atoms with Gasteiger partial charge in [0.25, 0.3) is 0 Å². The number of benzene rings is 2. The fourth-order valence-corrected chi connectivity index (χ4v) is 4.37. The summed E-state index contributed by atoms with van der Waals surface area (Å²) in [6, 6.07) is 12.8. The van der Waals surface area contributed by atoms with E-state index in [0.29, 0.717) is 6.54 Å². The maximum Gasteiger partial charge on any atom is 0.240 e. The molecular weight excluding hydrogens is 367 g/mol. The van der Waals surface area contributed by atoms with Gasteiger partial charge in [0, 0.05) is 19.5 Å². The molecule has 1 heterocycles. The SMILES string of the molecule is Cc1ccc(C2CCCN2C(=O)CCNS(=O)(=O)c2ccc(F)cc2)cc1. The maximum atomic E-state index is 12.9. The van der Waals surface area contributed by atoms with Crippen molar-refractivity contribution in [1.29, 1.82) is 0 Å². The summed E-state index contributed by atoms with van der Waals surface area (Å²) in [5, 5.41) is 0. The molecule has 144 valence electrons. The molecule has 2 aromatic rings. The molecule has 5 nitrogen and oxygen atoms in total. The van der Waals surface area contributed by atoms with Crippen molar-refractivity contribution in [3.8, 4) is 0 Å². The Morgan fingerprint density at radius 1 is 1.15 bits per heavy atom. The summed E-state index contributed by atoms with van der Waals surface area (Å²) in [5.41, 5.74) is 2.28. The number of aryl methyl sites for hydroxylation is 1. The van der Waals surface area contributed by atoms with E-state index in [9.17, 15) is 17.6 Å². The first-order valence-electron chi connectivity index (χ1n) is 8.98. The highest BCUT2D eigenvalue weighted by atomic mass is 32.2. The minimum absolute atomic E-state index is 0.00958. The van der Waals surface area contributed by atoms with Crippen LogP contribution >= 0.6 is 0 Å². The standard InChI is InChI=1S/C20H23FN2O3S/c1-15-4-6-16(7-5-15)19-3-2-14-23(19)20(24)12-13-22-27(25,26)18-10-8-17(21)9-11-18/h4-11,19,22H,2-3,12-14H2,1H3. The third-order valence-electron chi connectivity index (χ3n) is 4.79. The zero-order chi connectivity index (χ0) is 19.4. The van der Waals surface area contributed by atoms with Crippen molar-refractivity contribution >= 4 is 15.9 Å². The number of hydrogen-bond donors (Lipinski definition) is 1. The normalized spacial score (nSPS) is 17.3. The van der Waals surface area contributed by atoms with Crippen LogP contribution < -0.4 is 4.72 Å². The highest BCUT2D eigenvalue weighted by Crippen LogP contribution is 2.32. The highest BCUT2D eigenvalue weighted by Gasteiger charge is 2.29. The van der Waals surface area contributed by atoms with E-state index >= 15 is 0 Å². The molecule has 0 aliphatic carbocycles. The lowest BCUT2D eigenvalue weighted by atomic mass is 10.0. The van der Waals surface area contributed by atoms with E-state index in [-0.39, 0.29) is 29.8 Å². The van der Waals surface area contributed by atoms with E-state index in [1.165, 1.54) is 17.7 Å². The van der Waals surface area contributed by atoms with Gasteiger partial charge < -0.3 is 4.90 Å². The number of sulfonamides is 1. The maximum absolute atomic E-state index is 12.9. The number of nitrogens with zero attached hydrogens (tertiary/aromatic N) is 1. The Morgan fingerprint density at radius 3 is 2.48 bits per heavy atom. The van der Waals surface area contributed by atoms with Crippen LogP contribution in [0.4, 0.5) is 4.39 Å². The van der Waals surface area contributed by atoms with Gasteiger partial charge in [-0.15, -0.1) is 0 Å². The van der Waals surface area contributed by atoms with Crippen LogP contribution in [0.3, 0.4) is 0 Å². The Balaban J connectivity index is 1.58. The van der Waals surface area contributed by atoms with Gasteiger partial charge in [0.1, 0.15) is 5.82 Å². The summed E-state index contributed by atoms with van der Waals surface area (Å²) < 4.78 is 39.8. The van der Waals surface area contributed by atoms with E-state index in [1.807, 2.05) is 36.1 Å². The largest absolute Gasteiger partial charge is 0.336 e. The van der Waals surface area contributed by atoms with Crippen molar-refractivity contribution < 1.29 is 17.6 Å². The first-order valence-corrected chi connectivity index (χ1v) is 10.5. The van der Waals surface area contributed by atoms with Gasteiger partial charge in [0.15, 0.2) is 0 Å². The smallest absolute Gasteiger partial charge is 0.240 e. The topological polar surface area (TPSA) is 66.5 Å². The molecule has 1 N–H and O–H groups in total. The van der Waals surface area contributed by atoms with Crippen LogP contribution in [-0.4, -0.2) is 32.3 Å². The van der Waals surface area contributed by atoms with Crippen molar-refractivity contribution in [3.05, 3.63) is 65.5 Å². The summed E-state index contributed by atoms with van der Waals surface area (Å²) in [6.45, 7) is 2.71. The van der Waals surface area contributed by atoms with Crippen molar-refractivity contribution in [2.24, 2.45) is 0 Å². The van der Waals surface area contributed by atoms with E-state index in [0.717, 1.165) is 30.5 Å². The van der Waals surface area contributed by atoms with Crippen molar-refractivity contribution in [3.63, 3.8) is 0 Å². The Hall–Kier alpha value is -2.25. The van der Waals surface area contributed by atoms with E-state index < -0.39 is 15.8 Å². The zero-order valence-electron chi connectivity index (χ0n) is 15.2. The predicted molar refractivity (Wildman–Crippen MR) is 101 cm³/mol. The van der Waals surface area contributed by atoms with Gasteiger partial charge in [-0.25, -0.2) is 17.5 Å². The van der Waals surface area contributed by atoms with E-state index in [2.05, 4.69) is 4.72 Å². The van der Waals surface area contributed by atoms with Crippen LogP contribution in [-0.2, 0) is 14.8 Å². The lowest BCUT2D eigenvalue weighted by Crippen LogP contribution is -2.34. The Bertz CT molecular complexity index is 896. The van der Waals surface area contributed by atoms with Crippen molar-refractivity contribution in [2.75, 3.05) is 13.1 Å². The fourth-order valence-electron chi connectivity index (χ4n) is 3.33. The molecule has 0 bridgehead atoms. The quantitative estimate of drug-likeness (QED) is 0.824. The fraction of sp³-hybridized carbons (Fsp3) is 0.350. The number of amides is 1. The van der Waals surface area contributed by atoms with Gasteiger partial charge in [-0.1, -0.05) is 29.8 Å². The Kier molecular flexibility index (Phi) is 5.92. The molecule has 1 atom stereocenters. The minimum Gasteiger partial charge on any atom is -0.336 e. The van der Waals surface area contributed by atoms with E-state index in [4.69, 9.17) is 0 Å². The number of halogens is 1. The van der Waals surface area contributed by atoms with Gasteiger partial charge >= 0.3 is 0 Å². The van der Waals surface area contributed by atoms with Gasteiger partial charge in [-0.3, -0.25) is 4.79 Å². The lowest BCUT2D eigenvalue weighted by molar-refractivity contribution is -0.131. The van der Waals surface area contributed by atoms with Gasteiger partial charge in [0.05, 0.1) is 10.9 Å². The molecule has 0 radical (unpaired) electrons. The third kappa shape index (κ3) is 4.73. The second kappa shape index (κ2) is 8.19. The van der Waals surface area contributed by atoms with Crippen LogP contribution in [0, 0.1) is 12.7 Å². The number of likely N-dealkylation sites (tertiary alicyclic amines) is 1. The summed E-state index contributed by atoms with van der Waals surface area (Å²) in [6.07, 6.45) is 1.94. The van der Waals surface area contributed by atoms with Crippen LogP contribution in [0.1, 0.15) is 36.4 Å². The first-order chi connectivity index (χ1) is 12.9. The summed E-state index contributed by atoms with van der Waals surface area (Å²) in [7, 11) is -3.75. The van der Waals surface area contributed by atoms with Gasteiger partial charge in [-0.2, -0.15) is 0 Å². The second-order valence-corrected chi connectivity index (χ2v) is 8.52. The average Bonchev–Trinajstić information content (AvgIpc) is 3.12. The number of carbonyl (C=O) groups excluding carboxylic acids is 1. The van der Waals surface area contributed by atoms with Gasteiger partial charge in [0.2, 0.25) is 15.9 Å². The number of hydrogen-bond acceptors (Lipinski definition) is 3. The molecule has 1 fully saturated rings. The average molecular weight is 390 g/mol. The van der Waals surface area contributed by atoms with E-state index in [1.54, 1.807) is 0 Å². The summed E-state index contributed by atoms with van der Waals surface area (Å²) in [4.78, 5) is 14.4. The molecular formula is C20H23FN2O3S. The third-order valence-corrected chi connectivity index (χ3v) is 6.27. The Morgan fingerprint density at radius 2 is 1.81 bits per heavy atom. The second-order valence-electron chi connectivity index (χ2n) is 6.76. The van der Waals surface area contributed by atoms with Crippen LogP contribution in [0.15, 0.2) is 53.4 Å². The molecule has 1 aliphatic rings. The van der Waals surface area contributed by atoms with Crippen molar-refractivity contribution in [2.45, 2.75) is 37.1 Å².